The van der Waals surface area contributed by atoms with Gasteiger partial charge in [0.15, 0.2) is 0 Å². The lowest BCUT2D eigenvalue weighted by molar-refractivity contribution is -0.0715. The van der Waals surface area contributed by atoms with Crippen LogP contribution in [-0.2, 0) is 14.8 Å². The highest BCUT2D eigenvalue weighted by molar-refractivity contribution is 7.89. The second-order valence-corrected chi connectivity index (χ2v) is 11.3. The van der Waals surface area contributed by atoms with Crippen molar-refractivity contribution in [2.75, 3.05) is 39.3 Å². The van der Waals surface area contributed by atoms with E-state index in [2.05, 4.69) is 18.7 Å². The number of ether oxygens (including phenoxy) is 1. The first-order chi connectivity index (χ1) is 15.3. The van der Waals surface area contributed by atoms with Crippen molar-refractivity contribution in [2.45, 2.75) is 69.1 Å². The van der Waals surface area contributed by atoms with Crippen LogP contribution in [0.25, 0.3) is 0 Å². The molecule has 178 valence electrons. The molecule has 3 saturated heterocycles. The first kappa shape index (κ1) is 23.6. The monoisotopic (exact) mass is 467 g/mol. The van der Waals surface area contributed by atoms with Gasteiger partial charge in [-0.2, -0.15) is 4.31 Å². The maximum Gasteiger partial charge on any atom is 0.254 e. The van der Waals surface area contributed by atoms with Crippen molar-refractivity contribution in [2.24, 2.45) is 0 Å². The number of amides is 1. The fourth-order valence-corrected chi connectivity index (χ4v) is 6.88. The van der Waals surface area contributed by atoms with E-state index >= 15 is 0 Å². The summed E-state index contributed by atoms with van der Waals surface area (Å²) in [6, 6.07) is 3.81. The number of benzene rings is 1. The number of carbonyl (C=O) groups is 1. The first-order valence-electron chi connectivity index (χ1n) is 11.7. The number of halogens is 1. The molecule has 4 rings (SSSR count). The minimum Gasteiger partial charge on any atom is -0.373 e. The SMILES string of the molecule is CC1CN(CC2CCCN2C(=O)c2ccc(F)c(S(=O)(=O)N3CCCCC3)c2)CC(C)O1. The van der Waals surface area contributed by atoms with E-state index < -0.39 is 20.7 Å². The van der Waals surface area contributed by atoms with E-state index in [1.165, 1.54) is 16.4 Å². The van der Waals surface area contributed by atoms with Crippen molar-refractivity contribution in [3.8, 4) is 0 Å². The molecule has 3 aliphatic heterocycles. The Morgan fingerprint density at radius 3 is 2.44 bits per heavy atom. The zero-order chi connectivity index (χ0) is 22.9. The van der Waals surface area contributed by atoms with Crippen LogP contribution in [0.3, 0.4) is 0 Å². The maximum absolute atomic E-state index is 14.6. The Kier molecular flexibility index (Phi) is 7.19. The van der Waals surface area contributed by atoms with E-state index in [9.17, 15) is 17.6 Å². The third-order valence-electron chi connectivity index (χ3n) is 6.71. The highest BCUT2D eigenvalue weighted by Gasteiger charge is 2.34. The average Bonchev–Trinajstić information content (AvgIpc) is 3.21. The Bertz CT molecular complexity index is 925. The van der Waals surface area contributed by atoms with E-state index in [4.69, 9.17) is 4.74 Å². The van der Waals surface area contributed by atoms with Gasteiger partial charge >= 0.3 is 0 Å². The number of sulfonamides is 1. The zero-order valence-corrected chi connectivity index (χ0v) is 19.8. The van der Waals surface area contributed by atoms with Gasteiger partial charge in [-0.1, -0.05) is 6.42 Å². The number of rotatable bonds is 5. The van der Waals surface area contributed by atoms with Crippen LogP contribution >= 0.6 is 0 Å². The van der Waals surface area contributed by atoms with Crippen molar-refractivity contribution in [3.05, 3.63) is 29.6 Å². The van der Waals surface area contributed by atoms with Gasteiger partial charge in [0.25, 0.3) is 5.91 Å². The molecule has 32 heavy (non-hydrogen) atoms. The van der Waals surface area contributed by atoms with Gasteiger partial charge < -0.3 is 9.64 Å². The fourth-order valence-electron chi connectivity index (χ4n) is 5.27. The fraction of sp³-hybridized carbons (Fsp3) is 0.696. The van der Waals surface area contributed by atoms with Gasteiger partial charge in [-0.3, -0.25) is 9.69 Å². The van der Waals surface area contributed by atoms with Gasteiger partial charge in [-0.05, 0) is 57.7 Å². The quantitative estimate of drug-likeness (QED) is 0.666. The van der Waals surface area contributed by atoms with Crippen LogP contribution in [0, 0.1) is 5.82 Å². The molecular weight excluding hydrogens is 433 g/mol. The molecule has 0 aliphatic carbocycles. The molecule has 3 aliphatic rings. The molecular formula is C23H34FN3O4S. The highest BCUT2D eigenvalue weighted by atomic mass is 32.2. The number of carbonyl (C=O) groups excluding carboxylic acids is 1. The third-order valence-corrected chi connectivity index (χ3v) is 8.63. The Labute approximate surface area is 190 Å². The van der Waals surface area contributed by atoms with Crippen molar-refractivity contribution < 1.29 is 22.3 Å². The molecule has 9 heteroatoms. The Balaban J connectivity index is 1.52. The molecule has 0 saturated carbocycles. The third kappa shape index (κ3) is 5.00. The summed E-state index contributed by atoms with van der Waals surface area (Å²) in [6.45, 7) is 7.96. The van der Waals surface area contributed by atoms with E-state index in [0.29, 0.717) is 19.6 Å². The predicted octanol–water partition coefficient (Wildman–Crippen LogP) is 2.71. The molecule has 1 amide bonds. The lowest BCUT2D eigenvalue weighted by Crippen LogP contribution is -2.50. The molecule has 3 atom stereocenters. The number of morpholine rings is 1. The largest absolute Gasteiger partial charge is 0.373 e. The van der Waals surface area contributed by atoms with Crippen LogP contribution in [0.2, 0.25) is 0 Å². The summed E-state index contributed by atoms with van der Waals surface area (Å²) >= 11 is 0. The maximum atomic E-state index is 14.6. The van der Waals surface area contributed by atoms with Crippen LogP contribution in [0.1, 0.15) is 56.3 Å². The minimum atomic E-state index is -3.96. The van der Waals surface area contributed by atoms with Crippen molar-refractivity contribution >= 4 is 15.9 Å². The Morgan fingerprint density at radius 1 is 1.06 bits per heavy atom. The Morgan fingerprint density at radius 2 is 1.75 bits per heavy atom. The average molecular weight is 468 g/mol. The summed E-state index contributed by atoms with van der Waals surface area (Å²) in [5, 5.41) is 0. The summed E-state index contributed by atoms with van der Waals surface area (Å²) in [6.07, 6.45) is 4.65. The van der Waals surface area contributed by atoms with E-state index in [1.807, 2.05) is 4.90 Å². The molecule has 1 aromatic carbocycles. The summed E-state index contributed by atoms with van der Waals surface area (Å²) in [5.74, 6) is -1.03. The molecule has 0 bridgehead atoms. The molecule has 3 unspecified atom stereocenters. The van der Waals surface area contributed by atoms with Crippen molar-refractivity contribution in [1.29, 1.82) is 0 Å². The molecule has 3 heterocycles. The van der Waals surface area contributed by atoms with Gasteiger partial charge in [-0.25, -0.2) is 12.8 Å². The smallest absolute Gasteiger partial charge is 0.254 e. The van der Waals surface area contributed by atoms with E-state index in [-0.39, 0.29) is 29.7 Å². The number of nitrogens with zero attached hydrogens (tertiary/aromatic N) is 3. The summed E-state index contributed by atoms with van der Waals surface area (Å²) in [5.41, 5.74) is 0.234. The number of hydrogen-bond acceptors (Lipinski definition) is 5. The molecule has 7 nitrogen and oxygen atoms in total. The van der Waals surface area contributed by atoms with E-state index in [1.54, 1.807) is 0 Å². The number of hydrogen-bond donors (Lipinski definition) is 0. The Hall–Kier alpha value is -1.55. The van der Waals surface area contributed by atoms with E-state index in [0.717, 1.165) is 57.8 Å². The molecule has 0 N–H and O–H groups in total. The van der Waals surface area contributed by atoms with Crippen LogP contribution in [0.5, 0.6) is 0 Å². The zero-order valence-electron chi connectivity index (χ0n) is 19.0. The highest BCUT2D eigenvalue weighted by Crippen LogP contribution is 2.27. The second-order valence-electron chi connectivity index (χ2n) is 9.38. The van der Waals surface area contributed by atoms with Gasteiger partial charge in [0.05, 0.1) is 12.2 Å². The normalized spacial score (nSPS) is 28.2. The predicted molar refractivity (Wildman–Crippen MR) is 120 cm³/mol. The van der Waals surface area contributed by atoms with Crippen molar-refractivity contribution in [3.63, 3.8) is 0 Å². The van der Waals surface area contributed by atoms with Gasteiger partial charge in [0.2, 0.25) is 10.0 Å². The first-order valence-corrected chi connectivity index (χ1v) is 13.2. The topological polar surface area (TPSA) is 70.2 Å². The lowest BCUT2D eigenvalue weighted by Gasteiger charge is -2.38. The lowest BCUT2D eigenvalue weighted by atomic mass is 10.1. The summed E-state index contributed by atoms with van der Waals surface area (Å²) in [4.78, 5) is 17.1. The minimum absolute atomic E-state index is 0.0622. The summed E-state index contributed by atoms with van der Waals surface area (Å²) in [7, 11) is -3.96. The molecule has 3 fully saturated rings. The van der Waals surface area contributed by atoms with Crippen molar-refractivity contribution in [1.82, 2.24) is 14.1 Å². The second kappa shape index (κ2) is 9.75. The molecule has 1 aromatic rings. The number of piperidine rings is 1. The standard InChI is InChI=1S/C23H34FN3O4S/c1-17-14-25(15-18(2)31-17)16-20-7-6-12-27(20)23(28)19-8-9-21(24)22(13-19)32(29,30)26-10-4-3-5-11-26/h8-9,13,17-18,20H,3-7,10-12,14-16H2,1-2H3. The molecule has 0 radical (unpaired) electrons. The molecule has 0 spiro atoms. The van der Waals surface area contributed by atoms with Crippen LogP contribution in [-0.4, -0.2) is 85.9 Å². The van der Waals surface area contributed by atoms with Gasteiger partial charge in [0.1, 0.15) is 10.7 Å². The van der Waals surface area contributed by atoms with Gasteiger partial charge in [-0.15, -0.1) is 0 Å². The number of likely N-dealkylation sites (tertiary alicyclic amines) is 1. The van der Waals surface area contributed by atoms with Crippen LogP contribution < -0.4 is 0 Å². The molecule has 0 aromatic heterocycles. The van der Waals surface area contributed by atoms with Crippen LogP contribution in [0.4, 0.5) is 4.39 Å². The van der Waals surface area contributed by atoms with Crippen LogP contribution in [0.15, 0.2) is 23.1 Å². The van der Waals surface area contributed by atoms with Gasteiger partial charge in [0, 0.05) is 50.9 Å². The summed E-state index contributed by atoms with van der Waals surface area (Å²) < 4.78 is 47.8.